The van der Waals surface area contributed by atoms with E-state index in [0.29, 0.717) is 29.9 Å². The third kappa shape index (κ3) is 3.45. The quantitative estimate of drug-likeness (QED) is 0.726. The van der Waals surface area contributed by atoms with Gasteiger partial charge in [0.1, 0.15) is 5.70 Å². The van der Waals surface area contributed by atoms with Gasteiger partial charge in [-0.05, 0) is 23.6 Å². The fraction of sp³-hybridized carbons (Fsp3) is 0.429. The van der Waals surface area contributed by atoms with Gasteiger partial charge in [0, 0.05) is 31.4 Å². The first-order valence-electron chi connectivity index (χ1n) is 9.25. The molecule has 1 atom stereocenters. The first kappa shape index (κ1) is 20.2. The molecular formula is C21H24F3N3O. The Balaban J connectivity index is 2.23. The van der Waals surface area contributed by atoms with E-state index >= 15 is 0 Å². The van der Waals surface area contributed by atoms with E-state index in [1.165, 1.54) is 6.07 Å². The molecular weight excluding hydrogens is 367 g/mol. The summed E-state index contributed by atoms with van der Waals surface area (Å²) in [5.74, 6) is -0.156. The number of halogens is 3. The lowest BCUT2D eigenvalue weighted by Crippen LogP contribution is -2.34. The van der Waals surface area contributed by atoms with Crippen LogP contribution in [0.25, 0.3) is 0 Å². The zero-order valence-electron chi connectivity index (χ0n) is 16.3. The summed E-state index contributed by atoms with van der Waals surface area (Å²) in [6.45, 7) is 9.05. The number of carbonyl (C=O) groups excluding carboxylic acids is 1. The first-order valence-corrected chi connectivity index (χ1v) is 9.25. The third-order valence-electron chi connectivity index (χ3n) is 5.08. The van der Waals surface area contributed by atoms with E-state index in [-0.39, 0.29) is 18.4 Å². The largest absolute Gasteiger partial charge is 0.416 e. The Labute approximate surface area is 163 Å². The average Bonchev–Trinajstić information content (AvgIpc) is 2.78. The van der Waals surface area contributed by atoms with Gasteiger partial charge in [-0.25, -0.2) is 0 Å². The Morgan fingerprint density at radius 2 is 2.07 bits per heavy atom. The maximum absolute atomic E-state index is 13.3. The Hall–Kier alpha value is -2.57. The molecule has 0 saturated heterocycles. The summed E-state index contributed by atoms with van der Waals surface area (Å²) in [6, 6.07) is 4.59. The minimum atomic E-state index is -4.45. The number of likely N-dealkylation sites (N-methyl/N-ethyl adjacent to an activating group) is 1. The number of amides is 1. The van der Waals surface area contributed by atoms with Crippen LogP contribution < -0.4 is 0 Å². The molecule has 0 N–H and O–H groups in total. The van der Waals surface area contributed by atoms with E-state index in [9.17, 15) is 18.0 Å². The van der Waals surface area contributed by atoms with Gasteiger partial charge in [0.2, 0.25) is 0 Å². The second-order valence-electron chi connectivity index (χ2n) is 7.38. The van der Waals surface area contributed by atoms with E-state index in [2.05, 4.69) is 11.6 Å². The Bertz CT molecular complexity index is 855. The van der Waals surface area contributed by atoms with Crippen molar-refractivity contribution in [3.8, 4) is 0 Å². The van der Waals surface area contributed by atoms with E-state index < -0.39 is 17.8 Å². The van der Waals surface area contributed by atoms with Crippen molar-refractivity contribution in [3.05, 3.63) is 59.3 Å². The zero-order chi connectivity index (χ0) is 20.6. The van der Waals surface area contributed by atoms with Crippen LogP contribution in [-0.2, 0) is 11.0 Å². The van der Waals surface area contributed by atoms with Crippen LogP contribution in [0, 0.1) is 5.92 Å². The Morgan fingerprint density at radius 3 is 2.68 bits per heavy atom. The van der Waals surface area contributed by atoms with Crippen molar-refractivity contribution in [1.29, 1.82) is 0 Å². The van der Waals surface area contributed by atoms with Gasteiger partial charge in [-0.3, -0.25) is 9.79 Å². The standard InChI is InChI=1S/C21H24F3N3O/c1-5-10-27-18(14-7-6-8-15(12-14)21(22,23)24)16-17(13(2)3)25-9-11-26(4)19(16)20(27)28/h5-8,12-13,18H,1,9-11H2,2-4H3. The van der Waals surface area contributed by atoms with E-state index in [4.69, 9.17) is 0 Å². The van der Waals surface area contributed by atoms with Crippen molar-refractivity contribution in [2.24, 2.45) is 10.9 Å². The van der Waals surface area contributed by atoms with Crippen LogP contribution in [0.15, 0.2) is 53.2 Å². The van der Waals surface area contributed by atoms with Gasteiger partial charge in [-0.15, -0.1) is 6.58 Å². The molecule has 2 aliphatic heterocycles. The van der Waals surface area contributed by atoms with Crippen molar-refractivity contribution in [2.75, 3.05) is 26.7 Å². The molecule has 4 nitrogen and oxygen atoms in total. The van der Waals surface area contributed by atoms with Crippen molar-refractivity contribution in [2.45, 2.75) is 26.1 Å². The summed E-state index contributed by atoms with van der Waals surface area (Å²) in [7, 11) is 1.83. The molecule has 7 heteroatoms. The van der Waals surface area contributed by atoms with Crippen molar-refractivity contribution < 1.29 is 18.0 Å². The van der Waals surface area contributed by atoms with Crippen molar-refractivity contribution in [1.82, 2.24) is 9.80 Å². The van der Waals surface area contributed by atoms with E-state index in [1.54, 1.807) is 17.0 Å². The smallest absolute Gasteiger partial charge is 0.368 e. The maximum atomic E-state index is 13.3. The minimum absolute atomic E-state index is 0.0429. The molecule has 0 aromatic heterocycles. The summed E-state index contributed by atoms with van der Waals surface area (Å²) in [6.07, 6.45) is -2.86. The van der Waals surface area contributed by atoms with Gasteiger partial charge in [0.15, 0.2) is 0 Å². The summed E-state index contributed by atoms with van der Waals surface area (Å²) >= 11 is 0. The highest BCUT2D eigenvalue weighted by Gasteiger charge is 2.44. The van der Waals surface area contributed by atoms with Crippen LogP contribution in [0.2, 0.25) is 0 Å². The normalized spacial score (nSPS) is 20.5. The Morgan fingerprint density at radius 1 is 1.36 bits per heavy atom. The predicted octanol–water partition coefficient (Wildman–Crippen LogP) is 4.07. The topological polar surface area (TPSA) is 35.9 Å². The Kier molecular flexibility index (Phi) is 5.37. The van der Waals surface area contributed by atoms with E-state index in [1.807, 2.05) is 25.8 Å². The molecule has 0 fully saturated rings. The molecule has 2 heterocycles. The molecule has 1 aromatic carbocycles. The molecule has 0 bridgehead atoms. The molecule has 1 aromatic rings. The van der Waals surface area contributed by atoms with Crippen LogP contribution in [0.5, 0.6) is 0 Å². The molecule has 28 heavy (non-hydrogen) atoms. The molecule has 150 valence electrons. The number of rotatable bonds is 4. The van der Waals surface area contributed by atoms with Crippen LogP contribution in [0.1, 0.15) is 31.0 Å². The van der Waals surface area contributed by atoms with Crippen LogP contribution >= 0.6 is 0 Å². The number of alkyl halides is 3. The summed E-state index contributed by atoms with van der Waals surface area (Å²) in [5.41, 5.74) is 1.71. The molecule has 0 aliphatic carbocycles. The van der Waals surface area contributed by atoms with Crippen LogP contribution in [-0.4, -0.2) is 48.1 Å². The second-order valence-corrected chi connectivity index (χ2v) is 7.38. The van der Waals surface area contributed by atoms with Crippen molar-refractivity contribution >= 4 is 11.6 Å². The lowest BCUT2D eigenvalue weighted by atomic mass is 9.89. The lowest BCUT2D eigenvalue weighted by Gasteiger charge is -2.28. The van der Waals surface area contributed by atoms with Crippen LogP contribution in [0.4, 0.5) is 13.2 Å². The highest BCUT2D eigenvalue weighted by atomic mass is 19.4. The van der Waals surface area contributed by atoms with Gasteiger partial charge in [-0.1, -0.05) is 32.1 Å². The fourth-order valence-electron chi connectivity index (χ4n) is 3.85. The summed E-state index contributed by atoms with van der Waals surface area (Å²) in [4.78, 5) is 21.3. The highest BCUT2D eigenvalue weighted by Crippen LogP contribution is 2.43. The fourth-order valence-corrected chi connectivity index (χ4v) is 3.85. The number of aliphatic imine (C=N–C) groups is 1. The summed E-state index contributed by atoms with van der Waals surface area (Å²) < 4.78 is 39.9. The van der Waals surface area contributed by atoms with Gasteiger partial charge < -0.3 is 9.80 Å². The van der Waals surface area contributed by atoms with E-state index in [0.717, 1.165) is 17.8 Å². The molecule has 3 rings (SSSR count). The number of benzene rings is 1. The monoisotopic (exact) mass is 391 g/mol. The number of nitrogens with zero attached hydrogens (tertiary/aromatic N) is 3. The SMILES string of the molecule is C=CCN1C(=O)C2=C(C(C(C)C)=NCCN2C)C1c1cccc(C(F)(F)F)c1. The lowest BCUT2D eigenvalue weighted by molar-refractivity contribution is -0.137. The minimum Gasteiger partial charge on any atom is -0.368 e. The highest BCUT2D eigenvalue weighted by molar-refractivity contribution is 6.13. The van der Waals surface area contributed by atoms with Gasteiger partial charge in [0.05, 0.1) is 18.2 Å². The molecule has 2 aliphatic rings. The third-order valence-corrected chi connectivity index (χ3v) is 5.08. The molecule has 0 radical (unpaired) electrons. The number of hydrogen-bond donors (Lipinski definition) is 0. The number of carbonyl (C=O) groups is 1. The predicted molar refractivity (Wildman–Crippen MR) is 103 cm³/mol. The second kappa shape index (κ2) is 7.45. The zero-order valence-corrected chi connectivity index (χ0v) is 16.3. The molecule has 0 spiro atoms. The molecule has 1 amide bonds. The molecule has 1 unspecified atom stereocenters. The van der Waals surface area contributed by atoms with Gasteiger partial charge in [0.25, 0.3) is 5.91 Å². The van der Waals surface area contributed by atoms with Crippen LogP contribution in [0.3, 0.4) is 0 Å². The van der Waals surface area contributed by atoms with Gasteiger partial charge in [-0.2, -0.15) is 13.2 Å². The maximum Gasteiger partial charge on any atom is 0.416 e. The number of hydrogen-bond acceptors (Lipinski definition) is 3. The summed E-state index contributed by atoms with van der Waals surface area (Å²) in [5, 5.41) is 0. The van der Waals surface area contributed by atoms with Gasteiger partial charge >= 0.3 is 6.18 Å². The molecule has 0 saturated carbocycles. The van der Waals surface area contributed by atoms with Crippen molar-refractivity contribution in [3.63, 3.8) is 0 Å². The average molecular weight is 391 g/mol. The first-order chi connectivity index (χ1) is 13.2.